The predicted octanol–water partition coefficient (Wildman–Crippen LogP) is 1.61. The highest BCUT2D eigenvalue weighted by atomic mass is 79.9. The van der Waals surface area contributed by atoms with E-state index in [2.05, 4.69) is 21.0 Å². The summed E-state index contributed by atoms with van der Waals surface area (Å²) in [4.78, 5) is 22.3. The average Bonchev–Trinajstić information content (AvgIpc) is 2.67. The van der Waals surface area contributed by atoms with Crippen molar-refractivity contribution >= 4 is 33.5 Å². The number of hydrazone groups is 1. The number of aliphatic carboxylic acids is 1. The Morgan fingerprint density at radius 2 is 2.29 bits per heavy atom. The Balaban J connectivity index is 2.15. The van der Waals surface area contributed by atoms with E-state index in [4.69, 9.17) is 9.52 Å². The topological polar surface area (TPSA) is 83.1 Å². The number of rotatable bonds is 3. The van der Waals surface area contributed by atoms with Crippen LogP contribution in [0, 0.1) is 0 Å². The van der Waals surface area contributed by atoms with Crippen LogP contribution in [0.4, 0.5) is 0 Å². The van der Waals surface area contributed by atoms with E-state index in [0.29, 0.717) is 10.4 Å². The molecule has 0 aromatic carbocycles. The van der Waals surface area contributed by atoms with E-state index < -0.39 is 5.97 Å². The van der Waals surface area contributed by atoms with Gasteiger partial charge in [-0.1, -0.05) is 0 Å². The molecule has 90 valence electrons. The van der Waals surface area contributed by atoms with Crippen molar-refractivity contribution in [1.82, 2.24) is 5.01 Å². The monoisotopic (exact) mass is 300 g/mol. The molecular weight excluding hydrogens is 292 g/mol. The van der Waals surface area contributed by atoms with Gasteiger partial charge in [-0.25, -0.2) is 9.80 Å². The van der Waals surface area contributed by atoms with Gasteiger partial charge in [0.15, 0.2) is 4.67 Å². The lowest BCUT2D eigenvalue weighted by Crippen LogP contribution is -2.33. The van der Waals surface area contributed by atoms with E-state index in [9.17, 15) is 9.59 Å². The van der Waals surface area contributed by atoms with Crippen LogP contribution >= 0.6 is 15.9 Å². The second kappa shape index (κ2) is 4.70. The van der Waals surface area contributed by atoms with Crippen molar-refractivity contribution in [3.63, 3.8) is 0 Å². The van der Waals surface area contributed by atoms with Gasteiger partial charge in [-0.3, -0.25) is 4.79 Å². The van der Waals surface area contributed by atoms with Gasteiger partial charge in [0.2, 0.25) is 5.91 Å². The number of hydrogen-bond donors (Lipinski definition) is 1. The third-order valence-corrected chi connectivity index (χ3v) is 2.71. The molecule has 7 heteroatoms. The zero-order chi connectivity index (χ0) is 12.4. The van der Waals surface area contributed by atoms with Crippen molar-refractivity contribution in [2.45, 2.75) is 19.4 Å². The number of nitrogens with zero attached hydrogens (tertiary/aromatic N) is 2. The standard InChI is InChI=1S/C10H9BrN2O4/c11-8-3-1-6(17-8)5-13-9(14)4-2-7(12-13)10(15)16/h1,3H,2,4-5H2,(H,15,16). The smallest absolute Gasteiger partial charge is 0.352 e. The number of furan rings is 1. The van der Waals surface area contributed by atoms with Crippen LogP contribution in [-0.2, 0) is 16.1 Å². The molecule has 0 saturated carbocycles. The number of carbonyl (C=O) groups excluding carboxylic acids is 1. The molecular formula is C10H9BrN2O4. The minimum atomic E-state index is -1.09. The fourth-order valence-electron chi connectivity index (χ4n) is 1.46. The van der Waals surface area contributed by atoms with Gasteiger partial charge < -0.3 is 9.52 Å². The lowest BCUT2D eigenvalue weighted by Gasteiger charge is -2.20. The minimum absolute atomic E-state index is 0.00442. The molecule has 2 heterocycles. The number of carboxylic acids is 1. The van der Waals surface area contributed by atoms with Crippen LogP contribution in [0.3, 0.4) is 0 Å². The molecule has 0 atom stereocenters. The highest BCUT2D eigenvalue weighted by Crippen LogP contribution is 2.18. The summed E-state index contributed by atoms with van der Waals surface area (Å²) in [5, 5.41) is 13.7. The molecule has 0 spiro atoms. The number of amides is 1. The van der Waals surface area contributed by atoms with E-state index in [-0.39, 0.29) is 31.0 Å². The third kappa shape index (κ3) is 2.73. The van der Waals surface area contributed by atoms with Gasteiger partial charge in [0.05, 0.1) is 0 Å². The molecule has 1 N–H and O–H groups in total. The van der Waals surface area contributed by atoms with E-state index in [1.807, 2.05) is 0 Å². The molecule has 0 aliphatic carbocycles. The summed E-state index contributed by atoms with van der Waals surface area (Å²) in [5.41, 5.74) is -0.00442. The summed E-state index contributed by atoms with van der Waals surface area (Å²) >= 11 is 3.15. The zero-order valence-corrected chi connectivity index (χ0v) is 10.3. The fourth-order valence-corrected chi connectivity index (χ4v) is 1.80. The predicted molar refractivity (Wildman–Crippen MR) is 61.3 cm³/mol. The molecule has 1 aromatic heterocycles. The first kappa shape index (κ1) is 11.8. The number of hydrogen-bond acceptors (Lipinski definition) is 4. The van der Waals surface area contributed by atoms with Crippen LogP contribution in [0.2, 0.25) is 0 Å². The van der Waals surface area contributed by atoms with Gasteiger partial charge in [0.25, 0.3) is 0 Å². The second-order valence-corrected chi connectivity index (χ2v) is 4.29. The fraction of sp³-hybridized carbons (Fsp3) is 0.300. The first-order valence-corrected chi connectivity index (χ1v) is 5.71. The van der Waals surface area contributed by atoms with Crippen LogP contribution < -0.4 is 0 Å². The van der Waals surface area contributed by atoms with Crippen LogP contribution in [-0.4, -0.2) is 27.7 Å². The molecule has 2 rings (SSSR count). The van der Waals surface area contributed by atoms with Gasteiger partial charge >= 0.3 is 5.97 Å². The SMILES string of the molecule is O=C(O)C1=NN(Cc2ccc(Br)o2)C(=O)CC1. The van der Waals surface area contributed by atoms with E-state index in [1.54, 1.807) is 12.1 Å². The van der Waals surface area contributed by atoms with Crippen molar-refractivity contribution in [3.05, 3.63) is 22.6 Å². The van der Waals surface area contributed by atoms with Crippen molar-refractivity contribution < 1.29 is 19.1 Å². The van der Waals surface area contributed by atoms with Crippen molar-refractivity contribution in [2.75, 3.05) is 0 Å². The Bertz CT molecular complexity index is 494. The largest absolute Gasteiger partial charge is 0.477 e. The van der Waals surface area contributed by atoms with E-state index >= 15 is 0 Å². The molecule has 1 aromatic rings. The highest BCUT2D eigenvalue weighted by molar-refractivity contribution is 9.10. The maximum atomic E-state index is 11.5. The first-order valence-electron chi connectivity index (χ1n) is 4.91. The Morgan fingerprint density at radius 3 is 2.88 bits per heavy atom. The molecule has 1 aliphatic heterocycles. The Hall–Kier alpha value is -1.63. The van der Waals surface area contributed by atoms with Gasteiger partial charge in [0.1, 0.15) is 18.0 Å². The van der Waals surface area contributed by atoms with Gasteiger partial charge in [0, 0.05) is 12.8 Å². The Kier molecular flexibility index (Phi) is 3.28. The molecule has 0 unspecified atom stereocenters. The zero-order valence-electron chi connectivity index (χ0n) is 8.72. The maximum absolute atomic E-state index is 11.5. The summed E-state index contributed by atoms with van der Waals surface area (Å²) in [7, 11) is 0. The molecule has 6 nitrogen and oxygen atoms in total. The highest BCUT2D eigenvalue weighted by Gasteiger charge is 2.24. The Morgan fingerprint density at radius 1 is 1.53 bits per heavy atom. The van der Waals surface area contributed by atoms with Crippen molar-refractivity contribution in [3.8, 4) is 0 Å². The van der Waals surface area contributed by atoms with Crippen LogP contribution in [0.1, 0.15) is 18.6 Å². The molecule has 17 heavy (non-hydrogen) atoms. The average molecular weight is 301 g/mol. The van der Waals surface area contributed by atoms with Crippen molar-refractivity contribution in [2.24, 2.45) is 5.10 Å². The summed E-state index contributed by atoms with van der Waals surface area (Å²) in [6, 6.07) is 3.40. The second-order valence-electron chi connectivity index (χ2n) is 3.51. The molecule has 0 bridgehead atoms. The van der Waals surface area contributed by atoms with Gasteiger partial charge in [-0.05, 0) is 28.1 Å². The lowest BCUT2D eigenvalue weighted by molar-refractivity contribution is -0.133. The number of carboxylic acid groups (broad SMARTS) is 1. The van der Waals surface area contributed by atoms with Gasteiger partial charge in [-0.15, -0.1) is 0 Å². The minimum Gasteiger partial charge on any atom is -0.477 e. The molecule has 1 amide bonds. The summed E-state index contributed by atoms with van der Waals surface area (Å²) in [6.45, 7) is 0.140. The van der Waals surface area contributed by atoms with E-state index in [1.165, 1.54) is 0 Å². The van der Waals surface area contributed by atoms with Crippen LogP contribution in [0.15, 0.2) is 26.3 Å². The van der Waals surface area contributed by atoms with Crippen molar-refractivity contribution in [1.29, 1.82) is 0 Å². The van der Waals surface area contributed by atoms with Crippen LogP contribution in [0.5, 0.6) is 0 Å². The normalized spacial score (nSPS) is 15.9. The summed E-state index contributed by atoms with van der Waals surface area (Å²) in [5.74, 6) is -0.758. The third-order valence-electron chi connectivity index (χ3n) is 2.29. The number of halogens is 1. The van der Waals surface area contributed by atoms with E-state index in [0.717, 1.165) is 5.01 Å². The Labute approximate surface area is 105 Å². The van der Waals surface area contributed by atoms with Gasteiger partial charge in [-0.2, -0.15) is 5.10 Å². The maximum Gasteiger partial charge on any atom is 0.352 e. The summed E-state index contributed by atoms with van der Waals surface area (Å²) < 4.78 is 5.79. The molecule has 0 fully saturated rings. The molecule has 0 saturated heterocycles. The lowest BCUT2D eigenvalue weighted by atomic mass is 10.1. The quantitative estimate of drug-likeness (QED) is 0.919. The summed E-state index contributed by atoms with van der Waals surface area (Å²) in [6.07, 6.45) is 0.333. The molecule has 0 radical (unpaired) electrons. The van der Waals surface area contributed by atoms with Crippen LogP contribution in [0.25, 0.3) is 0 Å². The molecule has 1 aliphatic rings. The first-order chi connectivity index (χ1) is 8.06. The number of carbonyl (C=O) groups is 2.